The molecule has 0 amide bonds. The lowest BCUT2D eigenvalue weighted by atomic mass is 10.2. The van der Waals surface area contributed by atoms with Crippen molar-refractivity contribution >= 4 is 28.9 Å². The summed E-state index contributed by atoms with van der Waals surface area (Å²) in [5.74, 6) is -1.45. The zero-order valence-electron chi connectivity index (χ0n) is 10.4. The van der Waals surface area contributed by atoms with Crippen LogP contribution < -0.4 is 0 Å². The van der Waals surface area contributed by atoms with Gasteiger partial charge in [0, 0.05) is 27.7 Å². The van der Waals surface area contributed by atoms with Crippen LogP contribution in [-0.2, 0) is 0 Å². The number of nitrogens with zero attached hydrogens (tertiary/aromatic N) is 1. The van der Waals surface area contributed by atoms with Crippen molar-refractivity contribution in [2.24, 2.45) is 0 Å². The Labute approximate surface area is 127 Å². The minimum Gasteiger partial charge on any atom is -0.477 e. The highest BCUT2D eigenvalue weighted by Gasteiger charge is 2.13. The Morgan fingerprint density at radius 2 is 2.19 bits per heavy atom. The number of H-pyrrole nitrogens is 1. The Bertz CT molecular complexity index is 828. The van der Waals surface area contributed by atoms with Crippen LogP contribution in [0, 0.1) is 5.82 Å². The van der Waals surface area contributed by atoms with Crippen LogP contribution in [0.5, 0.6) is 0 Å². The van der Waals surface area contributed by atoms with E-state index in [2.05, 4.69) is 9.97 Å². The molecule has 0 aliphatic rings. The molecule has 2 N–H and O–H groups in total. The molecule has 21 heavy (non-hydrogen) atoms. The van der Waals surface area contributed by atoms with Crippen molar-refractivity contribution in [2.75, 3.05) is 0 Å². The fourth-order valence-corrected chi connectivity index (χ4v) is 2.88. The molecule has 0 radical (unpaired) electrons. The van der Waals surface area contributed by atoms with Crippen LogP contribution in [0.25, 0.3) is 21.8 Å². The molecule has 0 aliphatic heterocycles. The van der Waals surface area contributed by atoms with Gasteiger partial charge in [-0.3, -0.25) is 0 Å². The molecule has 0 saturated carbocycles. The van der Waals surface area contributed by atoms with Crippen LogP contribution >= 0.6 is 22.9 Å². The molecule has 3 aromatic rings. The van der Waals surface area contributed by atoms with Gasteiger partial charge < -0.3 is 10.1 Å². The van der Waals surface area contributed by atoms with E-state index in [1.165, 1.54) is 35.6 Å². The maximum absolute atomic E-state index is 13.8. The number of rotatable bonds is 3. The standard InChI is InChI=1S/C14H8ClFN2O2S/c15-8-1-2-10(16)9(4-8)13-18-12(6-21-13)7-3-11(14(19)20)17-5-7/h1-6,17H,(H,19,20). The van der Waals surface area contributed by atoms with Gasteiger partial charge in [-0.05, 0) is 24.3 Å². The van der Waals surface area contributed by atoms with E-state index < -0.39 is 11.8 Å². The van der Waals surface area contributed by atoms with E-state index >= 15 is 0 Å². The fourth-order valence-electron chi connectivity index (χ4n) is 1.86. The van der Waals surface area contributed by atoms with Gasteiger partial charge in [-0.2, -0.15) is 0 Å². The van der Waals surface area contributed by atoms with Gasteiger partial charge in [-0.15, -0.1) is 11.3 Å². The van der Waals surface area contributed by atoms with E-state index in [1.807, 2.05) is 0 Å². The second-order valence-corrected chi connectivity index (χ2v) is 5.56. The first-order chi connectivity index (χ1) is 10.0. The highest BCUT2D eigenvalue weighted by atomic mass is 35.5. The van der Waals surface area contributed by atoms with Crippen molar-refractivity contribution in [3.05, 3.63) is 52.4 Å². The lowest BCUT2D eigenvalue weighted by molar-refractivity contribution is 0.0691. The lowest BCUT2D eigenvalue weighted by Gasteiger charge is -1.99. The average Bonchev–Trinajstić information content (AvgIpc) is 3.09. The molecule has 0 spiro atoms. The molecular weight excluding hydrogens is 315 g/mol. The first-order valence-corrected chi connectivity index (χ1v) is 7.13. The summed E-state index contributed by atoms with van der Waals surface area (Å²) in [7, 11) is 0. The van der Waals surface area contributed by atoms with Gasteiger partial charge >= 0.3 is 5.97 Å². The number of carboxylic acids is 1. The molecule has 2 aromatic heterocycles. The van der Waals surface area contributed by atoms with Crippen molar-refractivity contribution in [1.29, 1.82) is 0 Å². The number of aromatic amines is 1. The zero-order chi connectivity index (χ0) is 15.0. The van der Waals surface area contributed by atoms with E-state index in [0.29, 0.717) is 26.9 Å². The summed E-state index contributed by atoms with van der Waals surface area (Å²) in [4.78, 5) is 17.8. The van der Waals surface area contributed by atoms with E-state index in [9.17, 15) is 9.18 Å². The molecule has 0 atom stereocenters. The third kappa shape index (κ3) is 2.68. The highest BCUT2D eigenvalue weighted by molar-refractivity contribution is 7.13. The summed E-state index contributed by atoms with van der Waals surface area (Å²) in [5, 5.41) is 11.5. The van der Waals surface area contributed by atoms with Gasteiger partial charge in [0.2, 0.25) is 0 Å². The minimum absolute atomic E-state index is 0.0773. The second kappa shape index (κ2) is 5.31. The number of carboxylic acid groups (broad SMARTS) is 1. The van der Waals surface area contributed by atoms with E-state index in [1.54, 1.807) is 11.6 Å². The van der Waals surface area contributed by atoms with Gasteiger partial charge in [0.15, 0.2) is 0 Å². The van der Waals surface area contributed by atoms with Gasteiger partial charge in [0.25, 0.3) is 0 Å². The van der Waals surface area contributed by atoms with Crippen LogP contribution in [0.1, 0.15) is 10.5 Å². The summed E-state index contributed by atoms with van der Waals surface area (Å²) >= 11 is 7.14. The van der Waals surface area contributed by atoms with Crippen molar-refractivity contribution in [3.63, 3.8) is 0 Å². The fraction of sp³-hybridized carbons (Fsp3) is 0. The molecule has 0 unspecified atom stereocenters. The Hall–Kier alpha value is -2.18. The molecular formula is C14H8ClFN2O2S. The minimum atomic E-state index is -1.04. The number of carbonyl (C=O) groups is 1. The smallest absolute Gasteiger partial charge is 0.352 e. The van der Waals surface area contributed by atoms with Gasteiger partial charge in [0.05, 0.1) is 5.69 Å². The van der Waals surface area contributed by atoms with E-state index in [4.69, 9.17) is 16.7 Å². The molecule has 3 rings (SSSR count). The molecule has 0 saturated heterocycles. The van der Waals surface area contributed by atoms with Gasteiger partial charge in [-0.1, -0.05) is 11.6 Å². The maximum Gasteiger partial charge on any atom is 0.352 e. The Morgan fingerprint density at radius 3 is 2.90 bits per heavy atom. The molecule has 7 heteroatoms. The van der Waals surface area contributed by atoms with Crippen LogP contribution in [0.3, 0.4) is 0 Å². The molecule has 0 fully saturated rings. The molecule has 2 heterocycles. The van der Waals surface area contributed by atoms with Crippen molar-refractivity contribution in [3.8, 4) is 21.8 Å². The Kier molecular flexibility index (Phi) is 3.48. The Morgan fingerprint density at radius 1 is 1.38 bits per heavy atom. The van der Waals surface area contributed by atoms with Crippen molar-refractivity contribution in [1.82, 2.24) is 9.97 Å². The summed E-state index contributed by atoms with van der Waals surface area (Å²) in [6, 6.07) is 5.76. The normalized spacial score (nSPS) is 10.8. The summed E-state index contributed by atoms with van der Waals surface area (Å²) < 4.78 is 13.8. The predicted octanol–water partition coefficient (Wildman–Crippen LogP) is 4.30. The number of hydrogen-bond acceptors (Lipinski definition) is 3. The Balaban J connectivity index is 1.99. The van der Waals surface area contributed by atoms with Crippen molar-refractivity contribution in [2.45, 2.75) is 0 Å². The van der Waals surface area contributed by atoms with Crippen molar-refractivity contribution < 1.29 is 14.3 Å². The number of benzene rings is 1. The monoisotopic (exact) mass is 322 g/mol. The number of aromatic nitrogens is 2. The summed E-state index contributed by atoms with van der Waals surface area (Å²) in [5.41, 5.74) is 1.62. The average molecular weight is 323 g/mol. The largest absolute Gasteiger partial charge is 0.477 e. The van der Waals surface area contributed by atoms with Crippen LogP contribution in [0.15, 0.2) is 35.8 Å². The third-order valence-electron chi connectivity index (χ3n) is 2.87. The van der Waals surface area contributed by atoms with E-state index in [0.717, 1.165) is 0 Å². The second-order valence-electron chi connectivity index (χ2n) is 4.27. The van der Waals surface area contributed by atoms with Gasteiger partial charge in [0.1, 0.15) is 16.5 Å². The number of hydrogen-bond donors (Lipinski definition) is 2. The maximum atomic E-state index is 13.8. The molecule has 4 nitrogen and oxygen atoms in total. The molecule has 0 bridgehead atoms. The number of aromatic carboxylic acids is 1. The first-order valence-electron chi connectivity index (χ1n) is 5.87. The molecule has 0 aliphatic carbocycles. The number of halogens is 2. The lowest BCUT2D eigenvalue weighted by Crippen LogP contribution is -1.94. The summed E-state index contributed by atoms with van der Waals surface area (Å²) in [6.07, 6.45) is 1.55. The third-order valence-corrected chi connectivity index (χ3v) is 3.98. The first kappa shape index (κ1) is 13.8. The van der Waals surface area contributed by atoms with Gasteiger partial charge in [-0.25, -0.2) is 14.2 Å². The zero-order valence-corrected chi connectivity index (χ0v) is 12.0. The molecule has 106 valence electrons. The summed E-state index contributed by atoms with van der Waals surface area (Å²) in [6.45, 7) is 0. The highest BCUT2D eigenvalue weighted by Crippen LogP contribution is 2.32. The van der Waals surface area contributed by atoms with E-state index in [-0.39, 0.29) is 5.69 Å². The quantitative estimate of drug-likeness (QED) is 0.755. The number of nitrogens with one attached hydrogen (secondary N) is 1. The topological polar surface area (TPSA) is 66.0 Å². The van der Waals surface area contributed by atoms with Crippen LogP contribution in [-0.4, -0.2) is 21.0 Å². The van der Waals surface area contributed by atoms with Crippen LogP contribution in [0.4, 0.5) is 4.39 Å². The molecule has 1 aromatic carbocycles. The predicted molar refractivity (Wildman–Crippen MR) is 79.3 cm³/mol. The number of thiazole rings is 1. The SMILES string of the molecule is O=C(O)c1cc(-c2csc(-c3cc(Cl)ccc3F)n2)c[nH]1. The van der Waals surface area contributed by atoms with Crippen LogP contribution in [0.2, 0.25) is 5.02 Å².